The summed E-state index contributed by atoms with van der Waals surface area (Å²) < 4.78 is 2.07. The Morgan fingerprint density at radius 2 is 1.78 bits per heavy atom. The second-order valence-corrected chi connectivity index (χ2v) is 9.96. The summed E-state index contributed by atoms with van der Waals surface area (Å²) in [6.45, 7) is 3.22. The molecule has 0 saturated heterocycles. The number of anilines is 2. The first-order chi connectivity index (χ1) is 17.6. The minimum absolute atomic E-state index is 0.283. The zero-order valence-corrected chi connectivity index (χ0v) is 21.0. The third kappa shape index (κ3) is 4.50. The lowest BCUT2D eigenvalue weighted by Crippen LogP contribution is -2.22. The Bertz CT molecular complexity index is 1510. The molecule has 1 aliphatic rings. The van der Waals surface area contributed by atoms with Crippen molar-refractivity contribution >= 4 is 46.1 Å². The van der Waals surface area contributed by atoms with Gasteiger partial charge in [0.25, 0.3) is 0 Å². The predicted molar refractivity (Wildman–Crippen MR) is 146 cm³/mol. The first kappa shape index (κ1) is 23.8. The Morgan fingerprint density at radius 1 is 1.00 bits per heavy atom. The van der Waals surface area contributed by atoms with Crippen LogP contribution < -0.4 is 4.90 Å². The molecule has 2 heterocycles. The molecule has 0 bridgehead atoms. The van der Waals surface area contributed by atoms with Crippen molar-refractivity contribution in [2.45, 2.75) is 42.4 Å². The highest BCUT2D eigenvalue weighted by atomic mass is 32.2. The summed E-state index contributed by atoms with van der Waals surface area (Å²) >= 11 is 1.78. The standard InChI is InChI=1S/C30H27N3O2S/c1-2-3-4-9-16-32-26-12-7-8-13-28(26)36-29-18-23(14-15-27(29)32)33-20-22(17-21(19-31)30(34)35)24-10-5-6-11-25(24)33/h5-8,10-15,17-18,20H,2-4,9,16H2,1H3,(H,34,35)/b21-17+. The summed E-state index contributed by atoms with van der Waals surface area (Å²) in [5, 5.41) is 19.5. The summed E-state index contributed by atoms with van der Waals surface area (Å²) in [5.41, 5.74) is 4.86. The van der Waals surface area contributed by atoms with E-state index in [1.165, 1.54) is 46.5 Å². The van der Waals surface area contributed by atoms with Crippen molar-refractivity contribution < 1.29 is 9.90 Å². The van der Waals surface area contributed by atoms with Gasteiger partial charge in [-0.25, -0.2) is 4.79 Å². The molecule has 0 atom stereocenters. The van der Waals surface area contributed by atoms with Crippen LogP contribution in [0.5, 0.6) is 0 Å². The van der Waals surface area contributed by atoms with Gasteiger partial charge >= 0.3 is 5.97 Å². The Labute approximate surface area is 215 Å². The maximum Gasteiger partial charge on any atom is 0.346 e. The van der Waals surface area contributed by atoms with Crippen LogP contribution >= 0.6 is 11.8 Å². The normalized spacial score (nSPS) is 12.8. The molecule has 1 N–H and O–H groups in total. The molecule has 3 aromatic carbocycles. The zero-order valence-electron chi connectivity index (χ0n) is 20.1. The van der Waals surface area contributed by atoms with Crippen molar-refractivity contribution in [3.05, 3.63) is 84.1 Å². The lowest BCUT2D eigenvalue weighted by molar-refractivity contribution is -0.132. The number of benzene rings is 3. The quantitative estimate of drug-likeness (QED) is 0.154. The molecule has 5 nitrogen and oxygen atoms in total. The SMILES string of the molecule is CCCCCCN1c2ccccc2Sc2cc(-n3cc(/C=C(\C#N)C(=O)O)c4ccccc43)ccc21. The number of para-hydroxylation sites is 2. The third-order valence-corrected chi connectivity index (χ3v) is 7.63. The van der Waals surface area contributed by atoms with E-state index in [2.05, 4.69) is 58.9 Å². The van der Waals surface area contributed by atoms with E-state index in [1.807, 2.05) is 30.5 Å². The smallest absolute Gasteiger partial charge is 0.346 e. The summed E-state index contributed by atoms with van der Waals surface area (Å²) in [7, 11) is 0. The summed E-state index contributed by atoms with van der Waals surface area (Å²) in [6, 6.07) is 24.7. The molecule has 1 aliphatic heterocycles. The lowest BCUT2D eigenvalue weighted by atomic mass is 10.1. The van der Waals surface area contributed by atoms with Crippen LogP contribution in [-0.2, 0) is 4.79 Å². The zero-order chi connectivity index (χ0) is 25.1. The van der Waals surface area contributed by atoms with Crippen molar-refractivity contribution in [2.75, 3.05) is 11.4 Å². The van der Waals surface area contributed by atoms with E-state index in [0.717, 1.165) is 29.6 Å². The maximum absolute atomic E-state index is 11.4. The van der Waals surface area contributed by atoms with E-state index in [4.69, 9.17) is 0 Å². The van der Waals surface area contributed by atoms with Crippen LogP contribution in [0.25, 0.3) is 22.7 Å². The molecule has 180 valence electrons. The Balaban J connectivity index is 1.57. The fraction of sp³-hybridized carbons (Fsp3) is 0.200. The van der Waals surface area contributed by atoms with Crippen LogP contribution in [0.1, 0.15) is 38.2 Å². The summed E-state index contributed by atoms with van der Waals surface area (Å²) in [4.78, 5) is 16.3. The predicted octanol–water partition coefficient (Wildman–Crippen LogP) is 7.81. The topological polar surface area (TPSA) is 69.3 Å². The molecule has 0 spiro atoms. The number of aromatic nitrogens is 1. The van der Waals surface area contributed by atoms with Gasteiger partial charge < -0.3 is 14.6 Å². The van der Waals surface area contributed by atoms with E-state index in [-0.39, 0.29) is 5.57 Å². The van der Waals surface area contributed by atoms with Crippen molar-refractivity contribution in [2.24, 2.45) is 0 Å². The molecule has 0 amide bonds. The van der Waals surface area contributed by atoms with Crippen molar-refractivity contribution in [3.63, 3.8) is 0 Å². The van der Waals surface area contributed by atoms with Crippen LogP contribution in [0.15, 0.2) is 88.3 Å². The summed E-state index contributed by atoms with van der Waals surface area (Å²) in [5.74, 6) is -1.22. The molecule has 6 heteroatoms. The first-order valence-corrected chi connectivity index (χ1v) is 13.1. The fourth-order valence-corrected chi connectivity index (χ4v) is 5.87. The highest BCUT2D eigenvalue weighted by molar-refractivity contribution is 7.99. The van der Waals surface area contributed by atoms with Gasteiger partial charge in [-0.05, 0) is 48.9 Å². The van der Waals surface area contributed by atoms with Crippen LogP contribution in [-0.4, -0.2) is 22.2 Å². The molecule has 0 unspecified atom stereocenters. The number of carboxylic acids is 1. The minimum atomic E-state index is -1.22. The maximum atomic E-state index is 11.4. The van der Waals surface area contributed by atoms with Crippen molar-refractivity contribution in [3.8, 4) is 11.8 Å². The van der Waals surface area contributed by atoms with Gasteiger partial charge in [-0.2, -0.15) is 5.26 Å². The first-order valence-electron chi connectivity index (χ1n) is 12.2. The molecule has 5 rings (SSSR count). The van der Waals surface area contributed by atoms with Crippen LogP contribution in [0.3, 0.4) is 0 Å². The lowest BCUT2D eigenvalue weighted by Gasteiger charge is -2.33. The van der Waals surface area contributed by atoms with E-state index < -0.39 is 5.97 Å². The molecule has 4 aromatic rings. The van der Waals surface area contributed by atoms with E-state index >= 15 is 0 Å². The monoisotopic (exact) mass is 493 g/mol. The molecule has 1 aromatic heterocycles. The van der Waals surface area contributed by atoms with Gasteiger partial charge in [-0.1, -0.05) is 68.3 Å². The highest BCUT2D eigenvalue weighted by Gasteiger charge is 2.23. The fourth-order valence-electron chi connectivity index (χ4n) is 4.74. The molecule has 0 radical (unpaired) electrons. The molecular weight excluding hydrogens is 466 g/mol. The van der Waals surface area contributed by atoms with Crippen LogP contribution in [0.2, 0.25) is 0 Å². The van der Waals surface area contributed by atoms with Crippen molar-refractivity contribution in [1.82, 2.24) is 4.57 Å². The van der Waals surface area contributed by atoms with Gasteiger partial charge in [-0.3, -0.25) is 0 Å². The van der Waals surface area contributed by atoms with Gasteiger partial charge in [0, 0.05) is 39.2 Å². The van der Waals surface area contributed by atoms with Crippen LogP contribution in [0, 0.1) is 11.3 Å². The molecule has 36 heavy (non-hydrogen) atoms. The van der Waals surface area contributed by atoms with Gasteiger partial charge in [0.05, 0.1) is 16.9 Å². The van der Waals surface area contributed by atoms with Crippen molar-refractivity contribution in [1.29, 1.82) is 5.26 Å². The number of carbonyl (C=O) groups is 1. The average molecular weight is 494 g/mol. The van der Waals surface area contributed by atoms with Crippen LogP contribution in [0.4, 0.5) is 11.4 Å². The van der Waals surface area contributed by atoms with E-state index in [9.17, 15) is 15.2 Å². The average Bonchev–Trinajstić information content (AvgIpc) is 3.27. The Kier molecular flexibility index (Phi) is 6.84. The molecule has 0 saturated carbocycles. The number of nitrogens with zero attached hydrogens (tertiary/aromatic N) is 3. The number of hydrogen-bond donors (Lipinski definition) is 1. The molecule has 0 fully saturated rings. The van der Waals surface area contributed by atoms with Gasteiger partial charge in [0.2, 0.25) is 0 Å². The number of fused-ring (bicyclic) bond motifs is 3. The largest absolute Gasteiger partial charge is 0.477 e. The molecule has 0 aliphatic carbocycles. The summed E-state index contributed by atoms with van der Waals surface area (Å²) in [6.07, 6.45) is 8.21. The molecular formula is C30H27N3O2S. The number of nitriles is 1. The number of aliphatic carboxylic acids is 1. The highest BCUT2D eigenvalue weighted by Crippen LogP contribution is 2.49. The van der Waals surface area contributed by atoms with Gasteiger partial charge in [-0.15, -0.1) is 0 Å². The number of carboxylic acid groups (broad SMARTS) is 1. The number of hydrogen-bond acceptors (Lipinski definition) is 4. The van der Waals surface area contributed by atoms with Gasteiger partial charge in [0.1, 0.15) is 11.6 Å². The second-order valence-electron chi connectivity index (χ2n) is 8.88. The van der Waals surface area contributed by atoms with E-state index in [0.29, 0.717) is 5.56 Å². The van der Waals surface area contributed by atoms with Gasteiger partial charge in [0.15, 0.2) is 0 Å². The second kappa shape index (κ2) is 10.3. The van der Waals surface area contributed by atoms with E-state index in [1.54, 1.807) is 17.8 Å². The number of unbranched alkanes of at least 4 members (excludes halogenated alkanes) is 3. The number of rotatable bonds is 8. The minimum Gasteiger partial charge on any atom is -0.477 e. The Hall–Kier alpha value is -3.95. The third-order valence-electron chi connectivity index (χ3n) is 6.52. The Morgan fingerprint density at radius 3 is 2.58 bits per heavy atom.